The molecule has 0 radical (unpaired) electrons. The molecule has 0 aliphatic heterocycles. The minimum absolute atomic E-state index is 0.419. The molecule has 0 spiro atoms. The maximum Gasteiger partial charge on any atom is 0.140 e. The topological polar surface area (TPSA) is 48.7 Å². The molecule has 0 atom stereocenters. The van der Waals surface area contributed by atoms with E-state index in [1.165, 1.54) is 0 Å². The number of hydrogen-bond acceptors (Lipinski definition) is 3. The predicted octanol–water partition coefficient (Wildman–Crippen LogP) is 1.39. The third kappa shape index (κ3) is 2.84. The molecule has 1 N–H and O–H groups in total. The smallest absolute Gasteiger partial charge is 0.140 e. The second-order valence-corrected chi connectivity index (χ2v) is 2.42. The van der Waals surface area contributed by atoms with Crippen LogP contribution < -0.4 is 5.32 Å². The van der Waals surface area contributed by atoms with E-state index in [2.05, 4.69) is 16.2 Å². The molecule has 0 bridgehead atoms. The lowest BCUT2D eigenvalue weighted by molar-refractivity contribution is 1.09. The fourth-order valence-corrected chi connectivity index (χ4v) is 0.844. The van der Waals surface area contributed by atoms with Crippen LogP contribution in [-0.4, -0.2) is 11.5 Å². The number of hydrogen-bond donors (Lipinski definition) is 1. The number of pyridine rings is 1. The van der Waals surface area contributed by atoms with Crippen LogP contribution in [0, 0.1) is 23.7 Å². The maximum atomic E-state index is 8.48. The molecule has 0 saturated carbocycles. The first-order chi connectivity index (χ1) is 6.36. The van der Waals surface area contributed by atoms with Gasteiger partial charge in [-0.1, -0.05) is 0 Å². The largest absolute Gasteiger partial charge is 0.383 e. The molecule has 0 aliphatic carbocycles. The van der Waals surface area contributed by atoms with Gasteiger partial charge in [-0.05, 0) is 12.1 Å². The van der Waals surface area contributed by atoms with E-state index in [0.717, 1.165) is 12.2 Å². The molecule has 0 aliphatic rings. The van der Waals surface area contributed by atoms with E-state index < -0.39 is 0 Å². The van der Waals surface area contributed by atoms with Gasteiger partial charge in [-0.25, -0.2) is 4.98 Å². The zero-order valence-electron chi connectivity index (χ0n) is 7.12. The average Bonchev–Trinajstić information content (AvgIpc) is 2.19. The van der Waals surface area contributed by atoms with Crippen molar-refractivity contribution in [1.82, 2.24) is 4.98 Å². The van der Waals surface area contributed by atoms with Crippen molar-refractivity contribution in [3.8, 4) is 18.4 Å². The zero-order valence-corrected chi connectivity index (χ0v) is 7.12. The zero-order chi connectivity index (χ0) is 9.52. The number of nitriles is 1. The van der Waals surface area contributed by atoms with Crippen LogP contribution in [-0.2, 0) is 0 Å². The molecule has 0 unspecified atom stereocenters. The van der Waals surface area contributed by atoms with Crippen LogP contribution in [0.25, 0.3) is 0 Å². The summed E-state index contributed by atoms with van der Waals surface area (Å²) >= 11 is 0. The van der Waals surface area contributed by atoms with Crippen molar-refractivity contribution in [1.29, 1.82) is 5.26 Å². The molecule has 3 nitrogen and oxygen atoms in total. The lowest BCUT2D eigenvalue weighted by Gasteiger charge is -2.01. The van der Waals surface area contributed by atoms with Crippen LogP contribution in [0.4, 0.5) is 5.69 Å². The summed E-state index contributed by atoms with van der Waals surface area (Å²) in [7, 11) is 0. The Balaban J connectivity index is 2.52. The first-order valence-electron chi connectivity index (χ1n) is 3.90. The number of terminal acetylenes is 1. The summed E-state index contributed by atoms with van der Waals surface area (Å²) in [6.45, 7) is 0.726. The van der Waals surface area contributed by atoms with Crippen LogP contribution in [0.1, 0.15) is 12.1 Å². The Morgan fingerprint density at radius 2 is 2.38 bits per heavy atom. The SMILES string of the molecule is C#CCCNc1ccc(C#N)nc1. The minimum Gasteiger partial charge on any atom is -0.383 e. The summed E-state index contributed by atoms with van der Waals surface area (Å²) in [5.41, 5.74) is 1.30. The molecular formula is C10H9N3. The molecule has 1 heterocycles. The van der Waals surface area contributed by atoms with E-state index in [0.29, 0.717) is 12.1 Å². The van der Waals surface area contributed by atoms with Gasteiger partial charge in [-0.15, -0.1) is 12.3 Å². The number of nitrogens with one attached hydrogen (secondary N) is 1. The van der Waals surface area contributed by atoms with E-state index in [-0.39, 0.29) is 0 Å². The third-order valence-corrected chi connectivity index (χ3v) is 1.48. The Morgan fingerprint density at radius 1 is 1.54 bits per heavy atom. The highest BCUT2D eigenvalue weighted by Crippen LogP contribution is 2.04. The van der Waals surface area contributed by atoms with E-state index >= 15 is 0 Å². The molecular weight excluding hydrogens is 162 g/mol. The van der Waals surface area contributed by atoms with Crippen LogP contribution in [0.2, 0.25) is 0 Å². The summed E-state index contributed by atoms with van der Waals surface area (Å²) in [5, 5.41) is 11.6. The number of rotatable bonds is 3. The van der Waals surface area contributed by atoms with Crippen LogP contribution >= 0.6 is 0 Å². The first kappa shape index (κ1) is 9.09. The van der Waals surface area contributed by atoms with Crippen molar-refractivity contribution >= 4 is 5.69 Å². The molecule has 0 aromatic carbocycles. The van der Waals surface area contributed by atoms with Crippen molar-refractivity contribution in [2.24, 2.45) is 0 Å². The highest BCUT2D eigenvalue weighted by Gasteiger charge is 1.92. The molecule has 1 rings (SSSR count). The molecule has 3 heteroatoms. The highest BCUT2D eigenvalue weighted by atomic mass is 14.9. The Bertz CT molecular complexity index is 340. The lowest BCUT2D eigenvalue weighted by atomic mass is 10.3. The van der Waals surface area contributed by atoms with Crippen molar-refractivity contribution in [2.45, 2.75) is 6.42 Å². The van der Waals surface area contributed by atoms with Crippen LogP contribution in [0.15, 0.2) is 18.3 Å². The van der Waals surface area contributed by atoms with Crippen molar-refractivity contribution < 1.29 is 0 Å². The van der Waals surface area contributed by atoms with Gasteiger partial charge >= 0.3 is 0 Å². The summed E-state index contributed by atoms with van der Waals surface area (Å²) < 4.78 is 0. The lowest BCUT2D eigenvalue weighted by Crippen LogP contribution is -2.00. The highest BCUT2D eigenvalue weighted by molar-refractivity contribution is 5.42. The molecule has 1 aromatic heterocycles. The van der Waals surface area contributed by atoms with Gasteiger partial charge in [0.05, 0.1) is 11.9 Å². The van der Waals surface area contributed by atoms with E-state index in [1.54, 1.807) is 12.3 Å². The van der Waals surface area contributed by atoms with E-state index in [1.807, 2.05) is 12.1 Å². The predicted molar refractivity (Wildman–Crippen MR) is 50.9 cm³/mol. The van der Waals surface area contributed by atoms with E-state index in [9.17, 15) is 0 Å². The average molecular weight is 171 g/mol. The van der Waals surface area contributed by atoms with Gasteiger partial charge in [-0.3, -0.25) is 0 Å². The normalized spacial score (nSPS) is 8.46. The Labute approximate surface area is 77.4 Å². The second kappa shape index (κ2) is 4.79. The van der Waals surface area contributed by atoms with Gasteiger partial charge in [0.25, 0.3) is 0 Å². The molecule has 64 valence electrons. The monoisotopic (exact) mass is 171 g/mol. The summed E-state index contributed by atoms with van der Waals surface area (Å²) in [5.74, 6) is 2.53. The number of aromatic nitrogens is 1. The van der Waals surface area contributed by atoms with Gasteiger partial charge in [0, 0.05) is 13.0 Å². The summed E-state index contributed by atoms with van der Waals surface area (Å²) in [6.07, 6.45) is 7.39. The fraction of sp³-hybridized carbons (Fsp3) is 0.200. The van der Waals surface area contributed by atoms with Gasteiger partial charge in [0.2, 0.25) is 0 Å². The standard InChI is InChI=1S/C10H9N3/c1-2-3-6-12-10-5-4-9(7-11)13-8-10/h1,4-5,8,12H,3,6H2. The molecule has 1 aromatic rings. The van der Waals surface area contributed by atoms with Crippen molar-refractivity contribution in [3.63, 3.8) is 0 Å². The molecule has 0 saturated heterocycles. The second-order valence-electron chi connectivity index (χ2n) is 2.42. The summed E-state index contributed by atoms with van der Waals surface area (Å²) in [6, 6.07) is 5.42. The Kier molecular flexibility index (Phi) is 3.35. The minimum atomic E-state index is 0.419. The number of anilines is 1. The fourth-order valence-electron chi connectivity index (χ4n) is 0.844. The van der Waals surface area contributed by atoms with Gasteiger partial charge in [-0.2, -0.15) is 5.26 Å². The molecule has 0 amide bonds. The Hall–Kier alpha value is -2.00. The molecule has 0 fully saturated rings. The van der Waals surface area contributed by atoms with Gasteiger partial charge in [0.1, 0.15) is 11.8 Å². The van der Waals surface area contributed by atoms with Crippen LogP contribution in [0.5, 0.6) is 0 Å². The molecule has 13 heavy (non-hydrogen) atoms. The number of nitrogens with zero attached hydrogens (tertiary/aromatic N) is 2. The Morgan fingerprint density at radius 3 is 2.92 bits per heavy atom. The van der Waals surface area contributed by atoms with Crippen molar-refractivity contribution in [3.05, 3.63) is 24.0 Å². The van der Waals surface area contributed by atoms with Gasteiger partial charge < -0.3 is 5.32 Å². The van der Waals surface area contributed by atoms with E-state index in [4.69, 9.17) is 11.7 Å². The first-order valence-corrected chi connectivity index (χ1v) is 3.90. The summed E-state index contributed by atoms with van der Waals surface area (Å²) in [4.78, 5) is 3.90. The van der Waals surface area contributed by atoms with Gasteiger partial charge in [0.15, 0.2) is 0 Å². The van der Waals surface area contributed by atoms with Crippen molar-refractivity contribution in [2.75, 3.05) is 11.9 Å². The van der Waals surface area contributed by atoms with Crippen LogP contribution in [0.3, 0.4) is 0 Å². The quantitative estimate of drug-likeness (QED) is 0.552. The third-order valence-electron chi connectivity index (χ3n) is 1.48. The maximum absolute atomic E-state index is 8.48.